The van der Waals surface area contributed by atoms with E-state index in [-0.39, 0.29) is 50.1 Å². The fourth-order valence-corrected chi connectivity index (χ4v) is 4.72. The maximum atomic E-state index is 12.0. The van der Waals surface area contributed by atoms with Gasteiger partial charge in [0.2, 0.25) is 0 Å². The highest BCUT2D eigenvalue weighted by Crippen LogP contribution is 2.05. The van der Waals surface area contributed by atoms with Gasteiger partial charge in [0.05, 0.1) is 54.6 Å². The van der Waals surface area contributed by atoms with Gasteiger partial charge in [0.1, 0.15) is 0 Å². The van der Waals surface area contributed by atoms with Crippen molar-refractivity contribution in [3.63, 3.8) is 0 Å². The molecule has 0 N–H and O–H groups in total. The fourth-order valence-electron chi connectivity index (χ4n) is 4.72. The van der Waals surface area contributed by atoms with E-state index in [4.69, 9.17) is 18.9 Å². The Morgan fingerprint density at radius 1 is 0.375 bits per heavy atom. The van der Waals surface area contributed by atoms with Crippen molar-refractivity contribution in [1.29, 1.82) is 0 Å². The Morgan fingerprint density at radius 3 is 0.725 bits per heavy atom. The third-order valence-corrected chi connectivity index (χ3v) is 7.45. The van der Waals surface area contributed by atoms with Gasteiger partial charge in [-0.3, -0.25) is 48.6 Å². The van der Waals surface area contributed by atoms with Crippen molar-refractivity contribution in [2.75, 3.05) is 146 Å². The molecule has 2 saturated heterocycles. The SMILES string of the molecule is COC(=O)CN1CCN(CCN2CCN(CC(=O)OC)CCN(CC(=O)OC)CC2)CCN(CC(=O)OC)CC1. The van der Waals surface area contributed by atoms with Crippen molar-refractivity contribution in [3.8, 4) is 0 Å². The van der Waals surface area contributed by atoms with Crippen LogP contribution in [-0.4, -0.2) is 200 Å². The molecule has 0 atom stereocenters. The van der Waals surface area contributed by atoms with Gasteiger partial charge >= 0.3 is 23.9 Å². The largest absolute Gasteiger partial charge is 0.468 e. The van der Waals surface area contributed by atoms with E-state index in [1.54, 1.807) is 0 Å². The Kier molecular flexibility index (Phi) is 16.0. The lowest BCUT2D eigenvalue weighted by molar-refractivity contribution is -0.143. The van der Waals surface area contributed by atoms with Gasteiger partial charge in [0.15, 0.2) is 0 Å². The zero-order chi connectivity index (χ0) is 29.3. The molecule has 0 unspecified atom stereocenters. The Labute approximate surface area is 238 Å². The molecule has 0 radical (unpaired) electrons. The first kappa shape index (κ1) is 33.8. The van der Waals surface area contributed by atoms with Gasteiger partial charge in [-0.05, 0) is 0 Å². The lowest BCUT2D eigenvalue weighted by atomic mass is 10.3. The van der Waals surface area contributed by atoms with E-state index in [1.165, 1.54) is 28.4 Å². The Bertz CT molecular complexity index is 679. The molecule has 0 bridgehead atoms. The van der Waals surface area contributed by atoms with E-state index in [2.05, 4.69) is 29.4 Å². The molecule has 2 rings (SSSR count). The van der Waals surface area contributed by atoms with E-state index in [1.807, 2.05) is 0 Å². The van der Waals surface area contributed by atoms with Gasteiger partial charge in [0, 0.05) is 91.6 Å². The molecule has 0 amide bonds. The van der Waals surface area contributed by atoms with Crippen LogP contribution in [0.4, 0.5) is 0 Å². The van der Waals surface area contributed by atoms with Crippen LogP contribution in [0.15, 0.2) is 0 Å². The summed E-state index contributed by atoms with van der Waals surface area (Å²) >= 11 is 0. The van der Waals surface area contributed by atoms with Gasteiger partial charge in [-0.2, -0.15) is 0 Å². The predicted octanol–water partition coefficient (Wildman–Crippen LogP) is -2.48. The highest BCUT2D eigenvalue weighted by atomic mass is 16.5. The van der Waals surface area contributed by atoms with E-state index in [0.717, 1.165) is 39.3 Å². The van der Waals surface area contributed by atoms with Crippen LogP contribution in [0.1, 0.15) is 0 Å². The molecule has 14 heteroatoms. The Hall–Kier alpha value is -2.36. The van der Waals surface area contributed by atoms with Crippen LogP contribution in [0.5, 0.6) is 0 Å². The zero-order valence-corrected chi connectivity index (χ0v) is 24.7. The topological polar surface area (TPSA) is 125 Å². The van der Waals surface area contributed by atoms with E-state index >= 15 is 0 Å². The Balaban J connectivity index is 2.05. The number of ether oxygens (including phenoxy) is 4. The molecule has 0 aromatic carbocycles. The van der Waals surface area contributed by atoms with Gasteiger partial charge in [-0.15, -0.1) is 0 Å². The second-order valence-corrected chi connectivity index (χ2v) is 10.1. The number of carbonyl (C=O) groups excluding carboxylic acids is 4. The number of carbonyl (C=O) groups is 4. The van der Waals surface area contributed by atoms with Crippen molar-refractivity contribution >= 4 is 23.9 Å². The number of hydrogen-bond donors (Lipinski definition) is 0. The lowest BCUT2D eigenvalue weighted by Gasteiger charge is -2.30. The molecule has 0 aromatic rings. The predicted molar refractivity (Wildman–Crippen MR) is 147 cm³/mol. The van der Waals surface area contributed by atoms with Gasteiger partial charge in [0.25, 0.3) is 0 Å². The van der Waals surface area contributed by atoms with Crippen molar-refractivity contribution in [3.05, 3.63) is 0 Å². The molecule has 230 valence electrons. The molecular weight excluding hydrogens is 524 g/mol. The second-order valence-electron chi connectivity index (χ2n) is 10.1. The first-order valence-corrected chi connectivity index (χ1v) is 13.9. The van der Waals surface area contributed by atoms with Crippen molar-refractivity contribution < 1.29 is 38.1 Å². The first-order valence-electron chi connectivity index (χ1n) is 13.9. The summed E-state index contributed by atoms with van der Waals surface area (Å²) < 4.78 is 19.5. The van der Waals surface area contributed by atoms with Crippen molar-refractivity contribution in [2.24, 2.45) is 0 Å². The fraction of sp³-hybridized carbons (Fsp3) is 0.846. The van der Waals surface area contributed by atoms with E-state index < -0.39 is 0 Å². The smallest absolute Gasteiger partial charge is 0.319 e. The first-order chi connectivity index (χ1) is 19.3. The van der Waals surface area contributed by atoms with Gasteiger partial charge in [-0.25, -0.2) is 0 Å². The monoisotopic (exact) mass is 572 g/mol. The minimum Gasteiger partial charge on any atom is -0.468 e. The molecule has 0 aromatic heterocycles. The van der Waals surface area contributed by atoms with Crippen LogP contribution in [0.25, 0.3) is 0 Å². The van der Waals surface area contributed by atoms with Crippen LogP contribution < -0.4 is 0 Å². The maximum absolute atomic E-state index is 12.0. The van der Waals surface area contributed by atoms with Gasteiger partial charge in [-0.1, -0.05) is 0 Å². The van der Waals surface area contributed by atoms with Crippen molar-refractivity contribution in [2.45, 2.75) is 0 Å². The quantitative estimate of drug-likeness (QED) is 0.192. The third kappa shape index (κ3) is 13.3. The molecular formula is C26H48N6O8. The van der Waals surface area contributed by atoms with Crippen LogP contribution in [0.2, 0.25) is 0 Å². The summed E-state index contributed by atoms with van der Waals surface area (Å²) in [6, 6.07) is 0. The summed E-state index contributed by atoms with van der Waals surface area (Å²) in [6.07, 6.45) is 0. The summed E-state index contributed by atoms with van der Waals surface area (Å²) in [5.74, 6) is -1.13. The van der Waals surface area contributed by atoms with E-state index in [0.29, 0.717) is 52.4 Å². The normalized spacial score (nSPS) is 20.2. The van der Waals surface area contributed by atoms with Crippen LogP contribution in [-0.2, 0) is 38.1 Å². The molecule has 2 heterocycles. The van der Waals surface area contributed by atoms with Crippen LogP contribution >= 0.6 is 0 Å². The number of rotatable bonds is 11. The number of methoxy groups -OCH3 is 4. The summed E-state index contributed by atoms with van der Waals surface area (Å²) in [4.78, 5) is 60.8. The molecule has 0 spiro atoms. The third-order valence-electron chi connectivity index (χ3n) is 7.45. The zero-order valence-electron chi connectivity index (χ0n) is 24.7. The molecule has 40 heavy (non-hydrogen) atoms. The Morgan fingerprint density at radius 2 is 0.550 bits per heavy atom. The molecule has 14 nitrogen and oxygen atoms in total. The average Bonchev–Trinajstić information content (AvgIpc) is 3.11. The summed E-state index contributed by atoms with van der Waals surface area (Å²) in [7, 11) is 5.55. The average molecular weight is 573 g/mol. The summed E-state index contributed by atoms with van der Waals surface area (Å²) in [5.41, 5.74) is 0. The minimum atomic E-state index is -0.282. The summed E-state index contributed by atoms with van der Waals surface area (Å²) in [6.45, 7) is 11.0. The van der Waals surface area contributed by atoms with Crippen LogP contribution in [0.3, 0.4) is 0 Å². The molecule has 0 aliphatic carbocycles. The van der Waals surface area contributed by atoms with Crippen molar-refractivity contribution in [1.82, 2.24) is 29.4 Å². The van der Waals surface area contributed by atoms with Crippen LogP contribution in [0, 0.1) is 0 Å². The number of nitrogens with zero attached hydrogens (tertiary/aromatic N) is 6. The summed E-state index contributed by atoms with van der Waals surface area (Å²) in [5, 5.41) is 0. The molecule has 2 aliphatic heterocycles. The highest BCUT2D eigenvalue weighted by Gasteiger charge is 2.23. The molecule has 0 saturated carbocycles. The molecule has 2 fully saturated rings. The highest BCUT2D eigenvalue weighted by molar-refractivity contribution is 5.72. The van der Waals surface area contributed by atoms with E-state index in [9.17, 15) is 19.2 Å². The molecule has 2 aliphatic rings. The standard InChI is InChI=1S/C26H48N6O8/c1-37-23(33)19-29-11-7-27(8-12-30(16-15-29)20-24(34)38-2)5-6-28-9-13-31(21-25(35)39-3)17-18-32(14-10-28)22-26(36)40-4/h5-22H2,1-4H3. The number of hydrogen-bond acceptors (Lipinski definition) is 14. The number of esters is 4. The van der Waals surface area contributed by atoms with Gasteiger partial charge < -0.3 is 18.9 Å². The lowest BCUT2D eigenvalue weighted by Crippen LogP contribution is -2.44. The maximum Gasteiger partial charge on any atom is 0.319 e. The second kappa shape index (κ2) is 18.9. The minimum absolute atomic E-state index is 0.203.